The van der Waals surface area contributed by atoms with E-state index in [0.717, 1.165) is 45.5 Å². The summed E-state index contributed by atoms with van der Waals surface area (Å²) in [6, 6.07) is 5.61. The number of ether oxygens (including phenoxy) is 1. The highest BCUT2D eigenvalue weighted by Gasteiger charge is 2.42. The zero-order chi connectivity index (χ0) is 54.5. The molecule has 6 rings (SSSR count). The SMILES string of the molecule is CCCCOC(C)c1c(C)c2cc3nc(c4c5[nH]c(cc6nc(cc1[nH]2)C(C)=C6CC)c(C)c5C(=O)N(CCCC)C4=O)[C@@H](CC(=O)N(CC(=O)N(CC(=O)O)CC(=O)O)CC(=O)N(CC(=O)O)CC(=O)O)[C@@H]3C. The fraction of sp³-hybridized carbons (Fsp3) is 0.481. The summed E-state index contributed by atoms with van der Waals surface area (Å²) in [6.45, 7) is 9.38. The molecule has 3 aliphatic rings. The monoisotopic (exact) mass is 1020 g/mol. The second-order valence-corrected chi connectivity index (χ2v) is 18.9. The first-order chi connectivity index (χ1) is 35.0. The molecule has 3 aromatic rings. The lowest BCUT2D eigenvalue weighted by molar-refractivity contribution is -0.153. The van der Waals surface area contributed by atoms with Gasteiger partial charge in [0.1, 0.15) is 39.3 Å². The molecular weight excluding hydrogens is 961 g/mol. The van der Waals surface area contributed by atoms with Crippen LogP contribution in [0.5, 0.6) is 0 Å². The Balaban J connectivity index is 1.65. The van der Waals surface area contributed by atoms with Gasteiger partial charge in [-0.1, -0.05) is 40.5 Å². The third-order valence-electron chi connectivity index (χ3n) is 13.8. The number of aromatic amines is 2. The molecule has 6 N–H and O–H groups in total. The van der Waals surface area contributed by atoms with E-state index in [4.69, 9.17) is 14.7 Å². The summed E-state index contributed by atoms with van der Waals surface area (Å²) in [5.41, 5.74) is 8.13. The Morgan fingerprint density at radius 3 is 1.74 bits per heavy atom. The Morgan fingerprint density at radius 1 is 0.676 bits per heavy atom. The Bertz CT molecular complexity index is 2930. The average Bonchev–Trinajstić information content (AvgIpc) is 4.00. The van der Waals surface area contributed by atoms with Crippen molar-refractivity contribution in [2.45, 2.75) is 112 Å². The number of rotatable bonds is 23. The number of carboxylic acids is 4. The fourth-order valence-electron chi connectivity index (χ4n) is 9.76. The number of nitrogens with one attached hydrogen (secondary N) is 2. The molecule has 1 unspecified atom stereocenters. The molecule has 396 valence electrons. The maximum absolute atomic E-state index is 15.1. The van der Waals surface area contributed by atoms with Crippen LogP contribution < -0.4 is 0 Å². The Morgan fingerprint density at radius 2 is 1.20 bits per heavy atom. The number of hydrogen-bond donors (Lipinski definition) is 6. The van der Waals surface area contributed by atoms with E-state index in [1.165, 1.54) is 0 Å². The van der Waals surface area contributed by atoms with E-state index in [1.54, 1.807) is 19.9 Å². The summed E-state index contributed by atoms with van der Waals surface area (Å²) in [7, 11) is 0. The number of imide groups is 1. The Hall–Kier alpha value is -7.75. The molecule has 0 aliphatic carbocycles. The van der Waals surface area contributed by atoms with Crippen LogP contribution in [0.25, 0.3) is 33.2 Å². The van der Waals surface area contributed by atoms with Gasteiger partial charge in [0.15, 0.2) is 0 Å². The largest absolute Gasteiger partial charge is 0.480 e. The summed E-state index contributed by atoms with van der Waals surface area (Å²) >= 11 is 0. The zero-order valence-corrected chi connectivity index (χ0v) is 42.9. The summed E-state index contributed by atoms with van der Waals surface area (Å²) in [4.78, 5) is 139. The van der Waals surface area contributed by atoms with Gasteiger partial charge in [-0.15, -0.1) is 0 Å². The number of carbonyl (C=O) groups excluding carboxylic acids is 5. The van der Waals surface area contributed by atoms with Crippen LogP contribution in [-0.2, 0) is 38.3 Å². The van der Waals surface area contributed by atoms with Crippen molar-refractivity contribution in [1.82, 2.24) is 39.5 Å². The quantitative estimate of drug-likeness (QED) is 0.0494. The number of H-pyrrole nitrogens is 2. The van der Waals surface area contributed by atoms with Crippen molar-refractivity contribution < 1.29 is 68.3 Å². The predicted molar refractivity (Wildman–Crippen MR) is 269 cm³/mol. The van der Waals surface area contributed by atoms with Crippen LogP contribution in [0.4, 0.5) is 0 Å². The van der Waals surface area contributed by atoms with E-state index in [2.05, 4.69) is 16.9 Å². The van der Waals surface area contributed by atoms with Crippen LogP contribution in [0.1, 0.15) is 158 Å². The van der Waals surface area contributed by atoms with Crippen LogP contribution in [0.15, 0.2) is 18.2 Å². The maximum Gasteiger partial charge on any atom is 0.323 e. The van der Waals surface area contributed by atoms with Gasteiger partial charge in [0.2, 0.25) is 17.7 Å². The Labute approximate surface area is 426 Å². The molecular formula is C52H64N8O14. The van der Waals surface area contributed by atoms with E-state index < -0.39 is 111 Å². The first-order valence-electron chi connectivity index (χ1n) is 24.7. The first kappa shape index (κ1) is 55.6. The van der Waals surface area contributed by atoms with Gasteiger partial charge in [-0.25, -0.2) is 4.98 Å². The maximum atomic E-state index is 15.1. The highest BCUT2D eigenvalue weighted by molar-refractivity contribution is 6.23. The van der Waals surface area contributed by atoms with Crippen molar-refractivity contribution >= 4 is 86.6 Å². The number of hydrogen-bond acceptors (Lipinski definition) is 12. The molecule has 3 atom stereocenters. The first-order valence-corrected chi connectivity index (χ1v) is 24.7. The number of carboxylic acid groups (broad SMARTS) is 4. The van der Waals surface area contributed by atoms with Gasteiger partial charge >= 0.3 is 23.9 Å². The second-order valence-electron chi connectivity index (χ2n) is 18.9. The van der Waals surface area contributed by atoms with Gasteiger partial charge in [0, 0.05) is 59.2 Å². The zero-order valence-electron chi connectivity index (χ0n) is 42.9. The third kappa shape index (κ3) is 11.9. The van der Waals surface area contributed by atoms with Crippen LogP contribution in [-0.4, -0.2) is 166 Å². The standard InChI is InChI=1S/C52H64N8O14/c1-9-12-14-60-51(72)47-29(7)36-18-37-31(11-3)26(4)33(53-37)19-38-46(30(8)74-15-13-10-2)28(6)35(54-38)17-34-27(5)32(49(55-34)48(52(60)73)50(47)56-36)16-39(61)57(20-40(62)58(22-42(64)65)23-43(66)67)21-41(63)59(24-44(68)69)25-45(70)71/h17-19,27,30,32,54,56H,9-16,20-25H2,1-8H3,(H,64,65)(H,66,67)(H,68,69)(H,70,71)/t27-,30?,32-/m0/s1. The normalized spacial score (nSPS) is 15.5. The lowest BCUT2D eigenvalue weighted by Crippen LogP contribution is -2.51. The number of amides is 5. The minimum absolute atomic E-state index is 0.0144. The van der Waals surface area contributed by atoms with Gasteiger partial charge in [-0.2, -0.15) is 0 Å². The smallest absolute Gasteiger partial charge is 0.323 e. The number of carbonyl (C=O) groups is 9. The molecule has 6 heterocycles. The van der Waals surface area contributed by atoms with E-state index in [9.17, 15) is 58.8 Å². The van der Waals surface area contributed by atoms with Crippen LogP contribution in [0, 0.1) is 13.8 Å². The van der Waals surface area contributed by atoms with Gasteiger partial charge in [0.05, 0.1) is 39.8 Å². The van der Waals surface area contributed by atoms with Gasteiger partial charge < -0.3 is 49.8 Å². The Kier molecular flexibility index (Phi) is 17.6. The summed E-state index contributed by atoms with van der Waals surface area (Å²) < 4.78 is 6.37. The molecule has 22 heteroatoms. The lowest BCUT2D eigenvalue weighted by Gasteiger charge is -2.30. The minimum atomic E-state index is -1.59. The van der Waals surface area contributed by atoms with Crippen LogP contribution >= 0.6 is 0 Å². The number of aromatic nitrogens is 4. The second kappa shape index (κ2) is 23.4. The van der Waals surface area contributed by atoms with Crippen molar-refractivity contribution in [3.63, 3.8) is 0 Å². The molecule has 22 nitrogen and oxygen atoms in total. The van der Waals surface area contributed by atoms with Crippen molar-refractivity contribution in [1.29, 1.82) is 0 Å². The van der Waals surface area contributed by atoms with Gasteiger partial charge in [-0.05, 0) is 87.4 Å². The van der Waals surface area contributed by atoms with E-state index in [-0.39, 0.29) is 35.0 Å². The molecule has 0 saturated heterocycles. The van der Waals surface area contributed by atoms with Crippen molar-refractivity contribution in [2.24, 2.45) is 0 Å². The van der Waals surface area contributed by atoms with E-state index in [1.807, 2.05) is 46.8 Å². The number of unbranched alkanes of at least 4 members (excludes halogenated alkanes) is 2. The fourth-order valence-corrected chi connectivity index (χ4v) is 9.76. The van der Waals surface area contributed by atoms with Crippen molar-refractivity contribution in [2.75, 3.05) is 52.4 Å². The summed E-state index contributed by atoms with van der Waals surface area (Å²) in [5, 5.41) is 38.2. The molecule has 0 saturated carbocycles. The average molecular weight is 1030 g/mol. The molecule has 5 amide bonds. The number of fused-ring (bicyclic) bond motifs is 8. The molecule has 3 aliphatic heterocycles. The predicted octanol–water partition coefficient (Wildman–Crippen LogP) is 5.65. The molecule has 0 radical (unpaired) electrons. The van der Waals surface area contributed by atoms with E-state index in [0.29, 0.717) is 74.2 Å². The number of nitrogens with zero attached hydrogens (tertiary/aromatic N) is 6. The molecule has 0 aromatic carbocycles. The molecule has 74 heavy (non-hydrogen) atoms. The van der Waals surface area contributed by atoms with Crippen LogP contribution in [0.3, 0.4) is 0 Å². The molecule has 3 aromatic heterocycles. The summed E-state index contributed by atoms with van der Waals surface area (Å²) in [5.74, 6) is -12.8. The highest BCUT2D eigenvalue weighted by Crippen LogP contribution is 2.44. The molecule has 8 bridgehead atoms. The van der Waals surface area contributed by atoms with Gasteiger partial charge in [-0.3, -0.25) is 53.0 Å². The van der Waals surface area contributed by atoms with Crippen LogP contribution in [0.2, 0.25) is 0 Å². The highest BCUT2D eigenvalue weighted by atomic mass is 16.5. The lowest BCUT2D eigenvalue weighted by atomic mass is 9.85. The molecule has 0 spiro atoms. The number of aliphatic carboxylic acids is 4. The molecule has 0 fully saturated rings. The summed E-state index contributed by atoms with van der Waals surface area (Å²) in [6.07, 6.45) is 2.49. The third-order valence-corrected chi connectivity index (χ3v) is 13.8. The number of allylic oxidation sites excluding steroid dienone is 2. The number of aryl methyl sites for hydroxylation is 2. The van der Waals surface area contributed by atoms with Crippen molar-refractivity contribution in [3.8, 4) is 0 Å². The van der Waals surface area contributed by atoms with E-state index >= 15 is 4.79 Å². The van der Waals surface area contributed by atoms with Crippen molar-refractivity contribution in [3.05, 3.63) is 68.8 Å². The topological polar surface area (TPSA) is 314 Å². The minimum Gasteiger partial charge on any atom is -0.480 e. The van der Waals surface area contributed by atoms with Gasteiger partial charge in [0.25, 0.3) is 11.8 Å².